The van der Waals surface area contributed by atoms with E-state index in [0.717, 1.165) is 0 Å². The average Bonchev–Trinajstić information content (AvgIpc) is 2.20. The molecule has 18 heavy (non-hydrogen) atoms. The molecule has 0 amide bonds. The summed E-state index contributed by atoms with van der Waals surface area (Å²) in [5.41, 5.74) is 0.164. The number of halogens is 5. The van der Waals surface area contributed by atoms with E-state index in [9.17, 15) is 22.4 Å². The van der Waals surface area contributed by atoms with Gasteiger partial charge in [0.15, 0.2) is 5.78 Å². The number of rotatable bonds is 5. The molecule has 1 N–H and O–H groups in total. The molecule has 0 saturated carbocycles. The standard InChI is InChI=1S/C11H10BrF4NO/c12-8-2-1-7(10(13)4-8)3-9(18)5-17-6-11(14,15)16/h1-2,4,17H,3,5-6H2. The number of ketones is 1. The van der Waals surface area contributed by atoms with E-state index in [0.29, 0.717) is 4.47 Å². The molecule has 1 aromatic rings. The van der Waals surface area contributed by atoms with Crippen molar-refractivity contribution in [1.29, 1.82) is 0 Å². The van der Waals surface area contributed by atoms with Gasteiger partial charge in [0.1, 0.15) is 5.82 Å². The highest BCUT2D eigenvalue weighted by Gasteiger charge is 2.26. The minimum Gasteiger partial charge on any atom is -0.302 e. The summed E-state index contributed by atoms with van der Waals surface area (Å²) in [4.78, 5) is 11.3. The van der Waals surface area contributed by atoms with Crippen LogP contribution in [0.2, 0.25) is 0 Å². The van der Waals surface area contributed by atoms with E-state index in [1.165, 1.54) is 12.1 Å². The number of hydrogen-bond acceptors (Lipinski definition) is 2. The van der Waals surface area contributed by atoms with Gasteiger partial charge in [0.05, 0.1) is 13.1 Å². The molecule has 1 aromatic carbocycles. The second-order valence-corrected chi connectivity index (χ2v) is 4.59. The molecule has 0 fully saturated rings. The van der Waals surface area contributed by atoms with Crippen LogP contribution in [0.3, 0.4) is 0 Å². The number of carbonyl (C=O) groups is 1. The topological polar surface area (TPSA) is 29.1 Å². The predicted molar refractivity (Wildman–Crippen MR) is 61.7 cm³/mol. The second kappa shape index (κ2) is 6.29. The maximum atomic E-state index is 13.3. The van der Waals surface area contributed by atoms with E-state index < -0.39 is 30.9 Å². The van der Waals surface area contributed by atoms with Gasteiger partial charge in [-0.05, 0) is 17.7 Å². The Kier molecular flexibility index (Phi) is 5.28. The summed E-state index contributed by atoms with van der Waals surface area (Å²) < 4.78 is 49.3. The number of benzene rings is 1. The Bertz CT molecular complexity index is 434. The molecule has 0 aliphatic rings. The number of carbonyl (C=O) groups excluding carboxylic acids is 1. The van der Waals surface area contributed by atoms with Crippen LogP contribution in [0.1, 0.15) is 5.56 Å². The first-order valence-corrected chi connectivity index (χ1v) is 5.80. The highest BCUT2D eigenvalue weighted by molar-refractivity contribution is 9.10. The fourth-order valence-corrected chi connectivity index (χ4v) is 1.62. The molecule has 0 saturated heterocycles. The molecule has 0 bridgehead atoms. The summed E-state index contributed by atoms with van der Waals surface area (Å²) in [5.74, 6) is -1.06. The van der Waals surface area contributed by atoms with Crippen molar-refractivity contribution in [3.63, 3.8) is 0 Å². The minimum atomic E-state index is -4.36. The van der Waals surface area contributed by atoms with E-state index in [4.69, 9.17) is 0 Å². The summed E-state index contributed by atoms with van der Waals surface area (Å²) in [6.07, 6.45) is -4.59. The van der Waals surface area contributed by atoms with Crippen LogP contribution in [0.25, 0.3) is 0 Å². The Morgan fingerprint density at radius 2 is 2.00 bits per heavy atom. The van der Waals surface area contributed by atoms with Crippen LogP contribution in [-0.4, -0.2) is 25.0 Å². The number of Topliss-reactive ketones (excluding diaryl/α,β-unsaturated/α-hetero) is 1. The van der Waals surface area contributed by atoms with E-state index in [2.05, 4.69) is 15.9 Å². The highest BCUT2D eigenvalue weighted by atomic mass is 79.9. The molecule has 1 rings (SSSR count). The van der Waals surface area contributed by atoms with Crippen LogP contribution in [0.5, 0.6) is 0 Å². The number of nitrogens with one attached hydrogen (secondary N) is 1. The number of hydrogen-bond donors (Lipinski definition) is 1. The Labute approximate surface area is 109 Å². The van der Waals surface area contributed by atoms with Gasteiger partial charge in [-0.2, -0.15) is 13.2 Å². The molecule has 0 aliphatic carbocycles. The van der Waals surface area contributed by atoms with Crippen molar-refractivity contribution in [2.24, 2.45) is 0 Å². The van der Waals surface area contributed by atoms with Gasteiger partial charge in [0.25, 0.3) is 0 Å². The van der Waals surface area contributed by atoms with Gasteiger partial charge in [-0.25, -0.2) is 4.39 Å². The number of alkyl halides is 3. The van der Waals surface area contributed by atoms with Gasteiger partial charge in [0.2, 0.25) is 0 Å². The Hall–Kier alpha value is -0.950. The fourth-order valence-electron chi connectivity index (χ4n) is 1.28. The largest absolute Gasteiger partial charge is 0.401 e. The smallest absolute Gasteiger partial charge is 0.302 e. The molecule has 100 valence electrons. The quantitative estimate of drug-likeness (QED) is 0.842. The van der Waals surface area contributed by atoms with Crippen LogP contribution in [-0.2, 0) is 11.2 Å². The van der Waals surface area contributed by atoms with Crippen LogP contribution in [0, 0.1) is 5.82 Å². The van der Waals surface area contributed by atoms with Gasteiger partial charge in [-0.3, -0.25) is 4.79 Å². The van der Waals surface area contributed by atoms with E-state index in [-0.39, 0.29) is 12.0 Å². The summed E-state index contributed by atoms with van der Waals surface area (Å²) in [6, 6.07) is 4.18. The predicted octanol–water partition coefficient (Wildman–Crippen LogP) is 2.85. The fraction of sp³-hybridized carbons (Fsp3) is 0.364. The van der Waals surface area contributed by atoms with Crippen LogP contribution in [0.15, 0.2) is 22.7 Å². The summed E-state index contributed by atoms with van der Waals surface area (Å²) in [6.45, 7) is -1.67. The van der Waals surface area contributed by atoms with Gasteiger partial charge >= 0.3 is 6.18 Å². The van der Waals surface area contributed by atoms with E-state index in [1.807, 2.05) is 5.32 Å². The van der Waals surface area contributed by atoms with Gasteiger partial charge < -0.3 is 5.32 Å². The molecular weight excluding hydrogens is 318 g/mol. The SMILES string of the molecule is O=C(CNCC(F)(F)F)Cc1ccc(Br)cc1F. The normalized spacial score (nSPS) is 11.6. The van der Waals surface area contributed by atoms with Crippen molar-refractivity contribution in [2.45, 2.75) is 12.6 Å². The molecule has 0 spiro atoms. The van der Waals surface area contributed by atoms with Crippen molar-refractivity contribution < 1.29 is 22.4 Å². The first-order valence-electron chi connectivity index (χ1n) is 5.01. The van der Waals surface area contributed by atoms with Crippen molar-refractivity contribution in [3.8, 4) is 0 Å². The first kappa shape index (κ1) is 15.1. The van der Waals surface area contributed by atoms with Crippen LogP contribution in [0.4, 0.5) is 17.6 Å². The van der Waals surface area contributed by atoms with Crippen molar-refractivity contribution in [1.82, 2.24) is 5.32 Å². The molecule has 0 aliphatic heterocycles. The van der Waals surface area contributed by atoms with Crippen LogP contribution < -0.4 is 5.32 Å². The Morgan fingerprint density at radius 3 is 2.56 bits per heavy atom. The zero-order valence-electron chi connectivity index (χ0n) is 9.15. The van der Waals surface area contributed by atoms with Crippen molar-refractivity contribution >= 4 is 21.7 Å². The monoisotopic (exact) mass is 327 g/mol. The zero-order chi connectivity index (χ0) is 13.8. The van der Waals surface area contributed by atoms with Gasteiger partial charge in [-0.15, -0.1) is 0 Å². The summed E-state index contributed by atoms with van der Waals surface area (Å²) >= 11 is 3.06. The van der Waals surface area contributed by atoms with E-state index in [1.54, 1.807) is 6.07 Å². The van der Waals surface area contributed by atoms with Crippen molar-refractivity contribution in [2.75, 3.05) is 13.1 Å². The third-order valence-electron chi connectivity index (χ3n) is 2.05. The summed E-state index contributed by atoms with van der Waals surface area (Å²) in [7, 11) is 0. The lowest BCUT2D eigenvalue weighted by atomic mass is 10.1. The molecule has 0 heterocycles. The third-order valence-corrected chi connectivity index (χ3v) is 2.54. The first-order chi connectivity index (χ1) is 8.28. The molecule has 0 aromatic heterocycles. The maximum Gasteiger partial charge on any atom is 0.401 e. The molecule has 7 heteroatoms. The third kappa shape index (κ3) is 5.59. The Morgan fingerprint density at radius 1 is 1.33 bits per heavy atom. The molecule has 0 atom stereocenters. The van der Waals surface area contributed by atoms with Crippen molar-refractivity contribution in [3.05, 3.63) is 34.1 Å². The lowest BCUT2D eigenvalue weighted by molar-refractivity contribution is -0.127. The van der Waals surface area contributed by atoms with Gasteiger partial charge in [0, 0.05) is 10.9 Å². The second-order valence-electron chi connectivity index (χ2n) is 3.67. The maximum absolute atomic E-state index is 13.3. The molecular formula is C11H10BrF4NO. The average molecular weight is 328 g/mol. The lowest BCUT2D eigenvalue weighted by Crippen LogP contribution is -2.33. The highest BCUT2D eigenvalue weighted by Crippen LogP contribution is 2.16. The van der Waals surface area contributed by atoms with Gasteiger partial charge in [-0.1, -0.05) is 22.0 Å². The summed E-state index contributed by atoms with van der Waals surface area (Å²) in [5, 5.41) is 1.97. The minimum absolute atomic E-state index is 0.164. The molecule has 2 nitrogen and oxygen atoms in total. The zero-order valence-corrected chi connectivity index (χ0v) is 10.7. The lowest BCUT2D eigenvalue weighted by Gasteiger charge is -2.08. The Balaban J connectivity index is 2.45. The van der Waals surface area contributed by atoms with Crippen LogP contribution >= 0.6 is 15.9 Å². The molecule has 0 unspecified atom stereocenters. The van der Waals surface area contributed by atoms with E-state index >= 15 is 0 Å². The molecule has 0 radical (unpaired) electrons.